The lowest BCUT2D eigenvalue weighted by Crippen LogP contribution is -2.28. The number of carbonyl (C=O) groups excluding carboxylic acids is 1. The molecular weight excluding hydrogens is 282 g/mol. The average molecular weight is 307 g/mol. The molecule has 5 heteroatoms. The minimum atomic E-state index is -0.0987. The summed E-state index contributed by atoms with van der Waals surface area (Å²) in [5.74, 6) is 1.47. The Morgan fingerprint density at radius 3 is 2.68 bits per heavy atom. The third kappa shape index (κ3) is 4.91. The topological polar surface area (TPSA) is 56.8 Å². The van der Waals surface area contributed by atoms with Crippen molar-refractivity contribution in [1.82, 2.24) is 5.32 Å². The Kier molecular flexibility index (Phi) is 6.52. The molecule has 0 saturated heterocycles. The van der Waals surface area contributed by atoms with Gasteiger partial charge in [-0.05, 0) is 49.8 Å². The van der Waals surface area contributed by atoms with Crippen molar-refractivity contribution in [1.29, 1.82) is 0 Å². The lowest BCUT2D eigenvalue weighted by Gasteiger charge is -2.17. The monoisotopic (exact) mass is 307 g/mol. The van der Waals surface area contributed by atoms with Crippen LogP contribution in [0.1, 0.15) is 31.2 Å². The molecule has 5 nitrogen and oxygen atoms in total. The number of hydrogen-bond donors (Lipinski definition) is 1. The number of hydrogen-bond acceptors (Lipinski definition) is 4. The summed E-state index contributed by atoms with van der Waals surface area (Å²) in [5, 5.41) is 2.82. The molecule has 1 aliphatic rings. The van der Waals surface area contributed by atoms with E-state index in [1.807, 2.05) is 18.2 Å². The van der Waals surface area contributed by atoms with Crippen molar-refractivity contribution in [2.24, 2.45) is 0 Å². The van der Waals surface area contributed by atoms with Gasteiger partial charge in [-0.15, -0.1) is 0 Å². The molecule has 1 aromatic rings. The highest BCUT2D eigenvalue weighted by Gasteiger charge is 2.18. The number of amides is 1. The van der Waals surface area contributed by atoms with Gasteiger partial charge in [0.25, 0.3) is 0 Å². The van der Waals surface area contributed by atoms with Gasteiger partial charge in [-0.2, -0.15) is 0 Å². The van der Waals surface area contributed by atoms with Gasteiger partial charge in [-0.3, -0.25) is 4.79 Å². The molecule has 0 aliphatic heterocycles. The maximum atomic E-state index is 11.3. The maximum absolute atomic E-state index is 11.3. The number of rotatable bonds is 8. The van der Waals surface area contributed by atoms with Gasteiger partial charge in [0.05, 0.1) is 13.2 Å². The number of methoxy groups -OCH3 is 2. The Balaban J connectivity index is 1.92. The van der Waals surface area contributed by atoms with Crippen LogP contribution < -0.4 is 14.8 Å². The zero-order chi connectivity index (χ0) is 15.8. The largest absolute Gasteiger partial charge is 0.493 e. The quantitative estimate of drug-likeness (QED) is 0.801. The van der Waals surface area contributed by atoms with E-state index < -0.39 is 0 Å². The second-order valence-corrected chi connectivity index (χ2v) is 5.54. The van der Waals surface area contributed by atoms with Crippen LogP contribution in [0.15, 0.2) is 18.2 Å². The summed E-state index contributed by atoms with van der Waals surface area (Å²) in [4.78, 5) is 11.3. The van der Waals surface area contributed by atoms with Gasteiger partial charge >= 0.3 is 0 Å². The molecular formula is C17H25NO4. The molecule has 1 aromatic carbocycles. The smallest absolute Gasteiger partial charge is 0.245 e. The molecule has 0 spiro atoms. The third-order valence-electron chi connectivity index (χ3n) is 3.84. The van der Waals surface area contributed by atoms with Crippen molar-refractivity contribution in [3.05, 3.63) is 23.8 Å². The van der Waals surface area contributed by atoms with Gasteiger partial charge in [0.15, 0.2) is 11.5 Å². The van der Waals surface area contributed by atoms with E-state index in [0.717, 1.165) is 36.3 Å². The fourth-order valence-electron chi connectivity index (χ4n) is 2.68. The molecule has 1 N–H and O–H groups in total. The van der Waals surface area contributed by atoms with Gasteiger partial charge < -0.3 is 19.5 Å². The molecule has 0 unspecified atom stereocenters. The van der Waals surface area contributed by atoms with Crippen LogP contribution in [0, 0.1) is 0 Å². The Morgan fingerprint density at radius 2 is 2.00 bits per heavy atom. The standard InChI is InChI=1S/C17H25NO4/c1-20-12-17(19)18-10-9-13-7-8-15(21-2)16(11-13)22-14-5-3-4-6-14/h7-8,11,14H,3-6,9-10,12H2,1-2H3,(H,18,19). The van der Waals surface area contributed by atoms with E-state index in [1.165, 1.54) is 20.0 Å². The number of nitrogens with one attached hydrogen (secondary N) is 1. The van der Waals surface area contributed by atoms with Crippen molar-refractivity contribution < 1.29 is 19.0 Å². The predicted octanol–water partition coefficient (Wildman–Crippen LogP) is 2.32. The second-order valence-electron chi connectivity index (χ2n) is 5.54. The highest BCUT2D eigenvalue weighted by molar-refractivity contribution is 5.77. The fourth-order valence-corrected chi connectivity index (χ4v) is 2.68. The van der Waals surface area contributed by atoms with E-state index in [4.69, 9.17) is 14.2 Å². The van der Waals surface area contributed by atoms with E-state index in [0.29, 0.717) is 12.6 Å². The van der Waals surface area contributed by atoms with Crippen molar-refractivity contribution in [3.8, 4) is 11.5 Å². The number of benzene rings is 1. The Morgan fingerprint density at radius 1 is 1.23 bits per heavy atom. The normalized spacial score (nSPS) is 14.8. The molecule has 22 heavy (non-hydrogen) atoms. The van der Waals surface area contributed by atoms with Crippen LogP contribution in [0.4, 0.5) is 0 Å². The first-order chi connectivity index (χ1) is 10.7. The molecule has 0 bridgehead atoms. The summed E-state index contributed by atoms with van der Waals surface area (Å²) in [5.41, 5.74) is 1.12. The van der Waals surface area contributed by atoms with Crippen LogP contribution in [-0.4, -0.2) is 39.4 Å². The summed E-state index contributed by atoms with van der Waals surface area (Å²) >= 11 is 0. The van der Waals surface area contributed by atoms with Crippen molar-refractivity contribution >= 4 is 5.91 Å². The molecule has 0 heterocycles. The first kappa shape index (κ1) is 16.6. The molecule has 1 fully saturated rings. The molecule has 2 rings (SSSR count). The van der Waals surface area contributed by atoms with Crippen LogP contribution in [0.2, 0.25) is 0 Å². The van der Waals surface area contributed by atoms with Gasteiger partial charge in [-0.1, -0.05) is 6.07 Å². The minimum Gasteiger partial charge on any atom is -0.493 e. The zero-order valence-electron chi connectivity index (χ0n) is 13.4. The molecule has 122 valence electrons. The lowest BCUT2D eigenvalue weighted by molar-refractivity contribution is -0.124. The highest BCUT2D eigenvalue weighted by Crippen LogP contribution is 2.32. The van der Waals surface area contributed by atoms with Crippen LogP contribution >= 0.6 is 0 Å². The Bertz CT molecular complexity index is 484. The van der Waals surface area contributed by atoms with Crippen LogP contribution in [0.5, 0.6) is 11.5 Å². The first-order valence-corrected chi connectivity index (χ1v) is 7.82. The molecule has 1 aliphatic carbocycles. The first-order valence-electron chi connectivity index (χ1n) is 7.82. The summed E-state index contributed by atoms with van der Waals surface area (Å²) in [6.45, 7) is 0.677. The minimum absolute atomic E-state index is 0.0959. The average Bonchev–Trinajstić information content (AvgIpc) is 3.01. The second kappa shape index (κ2) is 8.63. The van der Waals surface area contributed by atoms with Gasteiger partial charge in [-0.25, -0.2) is 0 Å². The SMILES string of the molecule is COCC(=O)NCCc1ccc(OC)c(OC2CCCC2)c1. The summed E-state index contributed by atoms with van der Waals surface area (Å²) < 4.78 is 16.2. The van der Waals surface area contributed by atoms with E-state index >= 15 is 0 Å². The van der Waals surface area contributed by atoms with E-state index in [-0.39, 0.29) is 12.5 Å². The van der Waals surface area contributed by atoms with Crippen molar-refractivity contribution in [2.75, 3.05) is 27.4 Å². The summed E-state index contributed by atoms with van der Waals surface area (Å²) in [6.07, 6.45) is 5.74. The summed E-state index contributed by atoms with van der Waals surface area (Å²) in [7, 11) is 3.16. The number of carbonyl (C=O) groups is 1. The van der Waals surface area contributed by atoms with E-state index in [9.17, 15) is 4.79 Å². The molecule has 1 amide bonds. The van der Waals surface area contributed by atoms with Crippen molar-refractivity contribution in [2.45, 2.75) is 38.2 Å². The Hall–Kier alpha value is -1.75. The summed E-state index contributed by atoms with van der Waals surface area (Å²) in [6, 6.07) is 5.94. The zero-order valence-corrected chi connectivity index (χ0v) is 13.4. The van der Waals surface area contributed by atoms with Crippen LogP contribution in [-0.2, 0) is 16.0 Å². The Labute approximate surface area is 131 Å². The van der Waals surface area contributed by atoms with Crippen molar-refractivity contribution in [3.63, 3.8) is 0 Å². The van der Waals surface area contributed by atoms with Gasteiger partial charge in [0.2, 0.25) is 5.91 Å². The van der Waals surface area contributed by atoms with Crippen LogP contribution in [0.25, 0.3) is 0 Å². The maximum Gasteiger partial charge on any atom is 0.245 e. The van der Waals surface area contributed by atoms with Crippen LogP contribution in [0.3, 0.4) is 0 Å². The van der Waals surface area contributed by atoms with E-state index in [1.54, 1.807) is 7.11 Å². The lowest BCUT2D eigenvalue weighted by atomic mass is 10.1. The number of ether oxygens (including phenoxy) is 3. The molecule has 0 atom stereocenters. The predicted molar refractivity (Wildman–Crippen MR) is 84.5 cm³/mol. The molecule has 1 saturated carbocycles. The third-order valence-corrected chi connectivity index (χ3v) is 3.84. The van der Waals surface area contributed by atoms with E-state index in [2.05, 4.69) is 5.32 Å². The highest BCUT2D eigenvalue weighted by atomic mass is 16.5. The van der Waals surface area contributed by atoms with Gasteiger partial charge in [0, 0.05) is 13.7 Å². The molecule has 0 aromatic heterocycles. The van der Waals surface area contributed by atoms with Gasteiger partial charge in [0.1, 0.15) is 6.61 Å². The molecule has 0 radical (unpaired) electrons. The fraction of sp³-hybridized carbons (Fsp3) is 0.588.